The maximum atomic E-state index is 12.0. The molecule has 0 aromatic carbocycles. The molecule has 3 heteroatoms. The Morgan fingerprint density at radius 1 is 1.53 bits per heavy atom. The van der Waals surface area contributed by atoms with Gasteiger partial charge in [-0.15, -0.1) is 0 Å². The number of Topliss-reactive ketones (excluding diaryl/α,β-unsaturated/α-hetero) is 1. The first-order valence-corrected chi connectivity index (χ1v) is 7.43. The fourth-order valence-corrected chi connectivity index (χ4v) is 2.87. The lowest BCUT2D eigenvalue weighted by molar-refractivity contribution is -0.120. The van der Waals surface area contributed by atoms with Gasteiger partial charge in [-0.05, 0) is 51.3 Å². The van der Waals surface area contributed by atoms with Crippen molar-refractivity contribution in [3.8, 4) is 0 Å². The highest BCUT2D eigenvalue weighted by atomic mass is 16.3. The average molecular weight is 263 g/mol. The van der Waals surface area contributed by atoms with Gasteiger partial charge in [0, 0.05) is 31.8 Å². The summed E-state index contributed by atoms with van der Waals surface area (Å²) in [6.07, 6.45) is 6.20. The molecule has 106 valence electrons. The van der Waals surface area contributed by atoms with Gasteiger partial charge in [0.25, 0.3) is 0 Å². The van der Waals surface area contributed by atoms with Crippen molar-refractivity contribution in [3.05, 3.63) is 24.2 Å². The Labute approximate surface area is 116 Å². The van der Waals surface area contributed by atoms with Gasteiger partial charge in [0.15, 0.2) is 0 Å². The fraction of sp³-hybridized carbons (Fsp3) is 0.688. The van der Waals surface area contributed by atoms with Crippen LogP contribution in [0, 0.1) is 5.92 Å². The van der Waals surface area contributed by atoms with Crippen molar-refractivity contribution in [2.45, 2.75) is 52.0 Å². The van der Waals surface area contributed by atoms with E-state index >= 15 is 0 Å². The van der Waals surface area contributed by atoms with E-state index in [4.69, 9.17) is 4.42 Å². The molecule has 3 nitrogen and oxygen atoms in total. The number of aryl methyl sites for hydroxylation is 1. The van der Waals surface area contributed by atoms with Gasteiger partial charge in [-0.1, -0.05) is 0 Å². The molecule has 1 aliphatic heterocycles. The van der Waals surface area contributed by atoms with Gasteiger partial charge in [-0.25, -0.2) is 0 Å². The van der Waals surface area contributed by atoms with Crippen LogP contribution in [0.4, 0.5) is 0 Å². The molecule has 0 saturated carbocycles. The van der Waals surface area contributed by atoms with Crippen molar-refractivity contribution >= 4 is 5.78 Å². The van der Waals surface area contributed by atoms with Crippen molar-refractivity contribution in [2.24, 2.45) is 5.92 Å². The average Bonchev–Trinajstić information content (AvgIpc) is 2.90. The normalized spacial score (nSPS) is 20.9. The highest BCUT2D eigenvalue weighted by molar-refractivity contribution is 5.78. The Kier molecular flexibility index (Phi) is 5.20. The number of hydrogen-bond donors (Lipinski definition) is 0. The quantitative estimate of drug-likeness (QED) is 0.789. The van der Waals surface area contributed by atoms with E-state index in [1.807, 2.05) is 12.1 Å². The number of carbonyl (C=O) groups excluding carboxylic acids is 1. The number of nitrogens with zero attached hydrogens (tertiary/aromatic N) is 1. The second kappa shape index (κ2) is 6.90. The molecular weight excluding hydrogens is 238 g/mol. The van der Waals surface area contributed by atoms with E-state index in [0.29, 0.717) is 24.2 Å². The molecule has 0 unspecified atom stereocenters. The minimum atomic E-state index is 0.381. The monoisotopic (exact) mass is 263 g/mol. The molecule has 1 aliphatic rings. The standard InChI is InChI=1S/C16H25NO2/c1-13(2)17-9-3-5-14(12-17)11-15(18)7-8-16-6-4-10-19-16/h4,6,10,13-14H,3,5,7-9,11-12H2,1-2H3/t14-/m0/s1. The smallest absolute Gasteiger partial charge is 0.133 e. The van der Waals surface area contributed by atoms with Crippen molar-refractivity contribution in [2.75, 3.05) is 13.1 Å². The number of furan rings is 1. The highest BCUT2D eigenvalue weighted by Crippen LogP contribution is 2.22. The fourth-order valence-electron chi connectivity index (χ4n) is 2.87. The summed E-state index contributed by atoms with van der Waals surface area (Å²) in [4.78, 5) is 14.5. The van der Waals surface area contributed by atoms with Crippen LogP contribution in [0.2, 0.25) is 0 Å². The van der Waals surface area contributed by atoms with E-state index in [0.717, 1.165) is 25.1 Å². The van der Waals surface area contributed by atoms with E-state index in [-0.39, 0.29) is 0 Å². The zero-order valence-corrected chi connectivity index (χ0v) is 12.1. The third-order valence-electron chi connectivity index (χ3n) is 4.03. The molecule has 1 fully saturated rings. The number of rotatable bonds is 6. The predicted molar refractivity (Wildman–Crippen MR) is 76.1 cm³/mol. The molecule has 0 radical (unpaired) electrons. The van der Waals surface area contributed by atoms with Crippen molar-refractivity contribution in [1.29, 1.82) is 0 Å². The third-order valence-corrected chi connectivity index (χ3v) is 4.03. The van der Waals surface area contributed by atoms with Gasteiger partial charge in [0.05, 0.1) is 6.26 Å². The first-order valence-electron chi connectivity index (χ1n) is 7.43. The molecular formula is C16H25NO2. The second-order valence-electron chi connectivity index (χ2n) is 5.92. The number of carbonyl (C=O) groups is 1. The number of ketones is 1. The summed E-state index contributed by atoms with van der Waals surface area (Å²) in [5.41, 5.74) is 0. The Morgan fingerprint density at radius 3 is 3.05 bits per heavy atom. The van der Waals surface area contributed by atoms with Crippen LogP contribution >= 0.6 is 0 Å². The number of piperidine rings is 1. The maximum absolute atomic E-state index is 12.0. The highest BCUT2D eigenvalue weighted by Gasteiger charge is 2.23. The minimum absolute atomic E-state index is 0.381. The van der Waals surface area contributed by atoms with Crippen LogP contribution in [0.3, 0.4) is 0 Å². The molecule has 0 spiro atoms. The first kappa shape index (κ1) is 14.3. The third kappa shape index (κ3) is 4.50. The first-order chi connectivity index (χ1) is 9.15. The van der Waals surface area contributed by atoms with Crippen molar-refractivity contribution in [3.63, 3.8) is 0 Å². The second-order valence-corrected chi connectivity index (χ2v) is 5.92. The summed E-state index contributed by atoms with van der Waals surface area (Å²) < 4.78 is 5.26. The number of likely N-dealkylation sites (tertiary alicyclic amines) is 1. The van der Waals surface area contributed by atoms with Crippen LogP contribution in [0.25, 0.3) is 0 Å². The zero-order valence-electron chi connectivity index (χ0n) is 12.1. The van der Waals surface area contributed by atoms with Crippen LogP contribution in [0.15, 0.2) is 22.8 Å². The molecule has 0 amide bonds. The van der Waals surface area contributed by atoms with Gasteiger partial charge < -0.3 is 9.32 Å². The summed E-state index contributed by atoms with van der Waals surface area (Å²) in [7, 11) is 0. The summed E-state index contributed by atoms with van der Waals surface area (Å²) in [6, 6.07) is 4.41. The van der Waals surface area contributed by atoms with Gasteiger partial charge in [-0.2, -0.15) is 0 Å². The molecule has 1 saturated heterocycles. The lowest BCUT2D eigenvalue weighted by Gasteiger charge is -2.35. The summed E-state index contributed by atoms with van der Waals surface area (Å²) in [5.74, 6) is 1.85. The molecule has 2 rings (SSSR count). The minimum Gasteiger partial charge on any atom is -0.469 e. The van der Waals surface area contributed by atoms with Crippen molar-refractivity contribution in [1.82, 2.24) is 4.90 Å². The largest absolute Gasteiger partial charge is 0.469 e. The van der Waals surface area contributed by atoms with Gasteiger partial charge in [0.1, 0.15) is 11.5 Å². The summed E-state index contributed by atoms with van der Waals surface area (Å²) in [5, 5.41) is 0. The van der Waals surface area contributed by atoms with Crippen molar-refractivity contribution < 1.29 is 9.21 Å². The lowest BCUT2D eigenvalue weighted by Crippen LogP contribution is -2.40. The molecule has 19 heavy (non-hydrogen) atoms. The molecule has 2 heterocycles. The molecule has 1 aromatic heterocycles. The van der Waals surface area contributed by atoms with Gasteiger partial charge in [-0.3, -0.25) is 4.79 Å². The molecule has 0 N–H and O–H groups in total. The van der Waals surface area contributed by atoms with Crippen LogP contribution in [0.5, 0.6) is 0 Å². The van der Waals surface area contributed by atoms with Crippen LogP contribution in [-0.2, 0) is 11.2 Å². The molecule has 0 aliphatic carbocycles. The number of hydrogen-bond acceptors (Lipinski definition) is 3. The van der Waals surface area contributed by atoms with E-state index in [1.54, 1.807) is 6.26 Å². The Hall–Kier alpha value is -1.09. The van der Waals surface area contributed by atoms with E-state index in [1.165, 1.54) is 19.4 Å². The lowest BCUT2D eigenvalue weighted by atomic mass is 9.91. The molecule has 0 bridgehead atoms. The van der Waals surface area contributed by atoms with Gasteiger partial charge >= 0.3 is 0 Å². The topological polar surface area (TPSA) is 33.5 Å². The Balaban J connectivity index is 1.72. The van der Waals surface area contributed by atoms with Crippen LogP contribution < -0.4 is 0 Å². The van der Waals surface area contributed by atoms with Gasteiger partial charge in [0.2, 0.25) is 0 Å². The summed E-state index contributed by atoms with van der Waals surface area (Å²) in [6.45, 7) is 6.75. The Bertz CT molecular complexity index is 383. The van der Waals surface area contributed by atoms with Crippen LogP contribution in [-0.4, -0.2) is 29.8 Å². The van der Waals surface area contributed by atoms with Crippen LogP contribution in [0.1, 0.15) is 45.3 Å². The van der Waals surface area contributed by atoms with E-state index in [2.05, 4.69) is 18.7 Å². The van der Waals surface area contributed by atoms with E-state index < -0.39 is 0 Å². The predicted octanol–water partition coefficient (Wildman–Crippen LogP) is 3.29. The zero-order chi connectivity index (χ0) is 13.7. The molecule has 1 aromatic rings. The Morgan fingerprint density at radius 2 is 2.37 bits per heavy atom. The SMILES string of the molecule is CC(C)N1CCC[C@@H](CC(=O)CCc2ccco2)C1. The summed E-state index contributed by atoms with van der Waals surface area (Å²) >= 11 is 0. The molecule has 1 atom stereocenters. The maximum Gasteiger partial charge on any atom is 0.133 e. The van der Waals surface area contributed by atoms with E-state index in [9.17, 15) is 4.79 Å².